The van der Waals surface area contributed by atoms with Crippen molar-refractivity contribution < 1.29 is 8.95 Å². The number of ether oxygens (including phenoxy) is 1. The molecule has 0 saturated heterocycles. The van der Waals surface area contributed by atoms with Gasteiger partial charge in [0, 0.05) is 27.9 Å². The van der Waals surface area contributed by atoms with Crippen LogP contribution in [-0.2, 0) is 15.5 Å². The summed E-state index contributed by atoms with van der Waals surface area (Å²) in [7, 11) is -0.651. The van der Waals surface area contributed by atoms with Crippen molar-refractivity contribution in [3.8, 4) is 0 Å². The molecule has 0 amide bonds. The average molecular weight is 256 g/mol. The van der Waals surface area contributed by atoms with Crippen LogP contribution in [0, 0.1) is 17.8 Å². The zero-order chi connectivity index (χ0) is 11.9. The molecule has 4 fully saturated rings. The van der Waals surface area contributed by atoms with E-state index in [0.717, 1.165) is 30.1 Å². The van der Waals surface area contributed by atoms with E-state index < -0.39 is 10.8 Å². The summed E-state index contributed by atoms with van der Waals surface area (Å²) in [6, 6.07) is 0. The van der Waals surface area contributed by atoms with Gasteiger partial charge in [-0.05, 0) is 63.2 Å². The lowest BCUT2D eigenvalue weighted by Crippen LogP contribution is -2.53. The molecule has 98 valence electrons. The minimum atomic E-state index is -0.651. The molecule has 0 aliphatic heterocycles. The second kappa shape index (κ2) is 4.65. The minimum Gasteiger partial charge on any atom is -0.381 e. The van der Waals surface area contributed by atoms with E-state index in [-0.39, 0.29) is 4.75 Å². The Bertz CT molecular complexity index is 278. The Hall–Kier alpha value is 0.110. The summed E-state index contributed by atoms with van der Waals surface area (Å²) in [4.78, 5) is 0. The fraction of sp³-hybridized carbons (Fsp3) is 1.00. The summed E-state index contributed by atoms with van der Waals surface area (Å²) >= 11 is 0. The minimum absolute atomic E-state index is 0.200. The zero-order valence-corrected chi connectivity index (χ0v) is 11.6. The lowest BCUT2D eigenvalue weighted by atomic mass is 9.56. The van der Waals surface area contributed by atoms with Gasteiger partial charge in [0.05, 0.1) is 6.61 Å². The topological polar surface area (TPSA) is 26.3 Å². The van der Waals surface area contributed by atoms with Crippen LogP contribution in [0.15, 0.2) is 0 Å². The Morgan fingerprint density at radius 2 is 1.65 bits per heavy atom. The Labute approximate surface area is 107 Å². The van der Waals surface area contributed by atoms with Crippen molar-refractivity contribution in [3.05, 3.63) is 0 Å². The van der Waals surface area contributed by atoms with Crippen LogP contribution < -0.4 is 0 Å². The quantitative estimate of drug-likeness (QED) is 0.707. The predicted molar refractivity (Wildman–Crippen MR) is 70.4 cm³/mol. The van der Waals surface area contributed by atoms with E-state index in [2.05, 4.69) is 0 Å². The highest BCUT2D eigenvalue weighted by molar-refractivity contribution is 7.86. The van der Waals surface area contributed by atoms with Gasteiger partial charge in [0.25, 0.3) is 0 Å². The van der Waals surface area contributed by atoms with Crippen LogP contribution in [0.3, 0.4) is 0 Å². The fourth-order valence-corrected chi connectivity index (χ4v) is 6.77. The van der Waals surface area contributed by atoms with Gasteiger partial charge in [-0.2, -0.15) is 0 Å². The third-order valence-electron chi connectivity index (χ3n) is 5.08. The van der Waals surface area contributed by atoms with Crippen LogP contribution in [0.25, 0.3) is 0 Å². The number of hydrogen-bond acceptors (Lipinski definition) is 2. The van der Waals surface area contributed by atoms with Crippen molar-refractivity contribution in [1.82, 2.24) is 0 Å². The first kappa shape index (κ1) is 12.2. The van der Waals surface area contributed by atoms with Crippen molar-refractivity contribution in [2.45, 2.75) is 50.2 Å². The van der Waals surface area contributed by atoms with E-state index >= 15 is 0 Å². The molecule has 4 rings (SSSR count). The van der Waals surface area contributed by atoms with Gasteiger partial charge in [-0.3, -0.25) is 4.21 Å². The molecule has 0 aromatic heterocycles. The van der Waals surface area contributed by atoms with Crippen LogP contribution in [-0.4, -0.2) is 27.9 Å². The van der Waals surface area contributed by atoms with E-state index in [1.165, 1.54) is 38.5 Å². The third kappa shape index (κ3) is 2.21. The van der Waals surface area contributed by atoms with Gasteiger partial charge in [0.15, 0.2) is 0 Å². The van der Waals surface area contributed by atoms with Crippen molar-refractivity contribution in [1.29, 1.82) is 0 Å². The lowest BCUT2D eigenvalue weighted by Gasteiger charge is -2.56. The van der Waals surface area contributed by atoms with Crippen LogP contribution in [0.4, 0.5) is 0 Å². The molecule has 0 heterocycles. The first-order valence-corrected chi connectivity index (χ1v) is 8.50. The van der Waals surface area contributed by atoms with Gasteiger partial charge in [0.1, 0.15) is 0 Å². The maximum atomic E-state index is 12.6. The number of hydrogen-bond donors (Lipinski definition) is 0. The highest BCUT2D eigenvalue weighted by Gasteiger charge is 2.53. The Morgan fingerprint density at radius 3 is 2.12 bits per heavy atom. The number of rotatable bonds is 5. The highest BCUT2D eigenvalue weighted by atomic mass is 32.2. The second-order valence-corrected chi connectivity index (χ2v) is 8.31. The monoisotopic (exact) mass is 256 g/mol. The van der Waals surface area contributed by atoms with Crippen LogP contribution in [0.5, 0.6) is 0 Å². The summed E-state index contributed by atoms with van der Waals surface area (Å²) in [5.41, 5.74) is 0. The van der Waals surface area contributed by atoms with E-state index in [0.29, 0.717) is 6.61 Å². The van der Waals surface area contributed by atoms with Gasteiger partial charge >= 0.3 is 0 Å². The molecular formula is C14H24O2S. The van der Waals surface area contributed by atoms with Gasteiger partial charge in [-0.1, -0.05) is 0 Å². The van der Waals surface area contributed by atoms with Crippen molar-refractivity contribution >= 4 is 10.8 Å². The van der Waals surface area contributed by atoms with Crippen LogP contribution in [0.1, 0.15) is 45.4 Å². The molecule has 4 bridgehead atoms. The molecule has 0 N–H and O–H groups in total. The maximum absolute atomic E-state index is 12.6. The third-order valence-corrected chi connectivity index (χ3v) is 7.09. The molecule has 4 aliphatic carbocycles. The van der Waals surface area contributed by atoms with Crippen molar-refractivity contribution in [2.75, 3.05) is 19.0 Å². The Kier molecular flexibility index (Phi) is 3.33. The molecule has 0 aromatic rings. The van der Waals surface area contributed by atoms with E-state index in [1.807, 2.05) is 6.92 Å². The van der Waals surface area contributed by atoms with E-state index in [4.69, 9.17) is 4.74 Å². The van der Waals surface area contributed by atoms with Crippen LogP contribution >= 0.6 is 0 Å². The zero-order valence-electron chi connectivity index (χ0n) is 10.8. The summed E-state index contributed by atoms with van der Waals surface area (Å²) in [5, 5.41) is 0. The molecule has 2 nitrogen and oxygen atoms in total. The SMILES string of the molecule is CCOCCS(=O)C12CC3CC(CC(C3)C1)C2. The standard InChI is InChI=1S/C14H24O2S/c1-2-16-3-4-17(15)14-8-11-5-12(9-14)7-13(6-11)10-14/h11-13H,2-10H2,1H3. The molecule has 4 aliphatic rings. The molecule has 4 saturated carbocycles. The maximum Gasteiger partial charge on any atom is 0.0581 e. The van der Waals surface area contributed by atoms with Gasteiger partial charge in [0.2, 0.25) is 0 Å². The van der Waals surface area contributed by atoms with Gasteiger partial charge in [-0.25, -0.2) is 0 Å². The van der Waals surface area contributed by atoms with Crippen molar-refractivity contribution in [2.24, 2.45) is 17.8 Å². The molecular weight excluding hydrogens is 232 g/mol. The second-order valence-electron chi connectivity index (χ2n) is 6.35. The van der Waals surface area contributed by atoms with Gasteiger partial charge in [-0.15, -0.1) is 0 Å². The molecule has 0 radical (unpaired) electrons. The largest absolute Gasteiger partial charge is 0.381 e. The summed E-state index contributed by atoms with van der Waals surface area (Å²) < 4.78 is 18.2. The smallest absolute Gasteiger partial charge is 0.0581 e. The summed E-state index contributed by atoms with van der Waals surface area (Å²) in [6.07, 6.45) is 8.04. The lowest BCUT2D eigenvalue weighted by molar-refractivity contribution is 0.0358. The molecule has 0 spiro atoms. The Balaban J connectivity index is 1.67. The van der Waals surface area contributed by atoms with Gasteiger partial charge < -0.3 is 4.74 Å². The normalized spacial score (nSPS) is 45.1. The first-order chi connectivity index (χ1) is 8.22. The molecule has 1 atom stereocenters. The molecule has 0 aromatic carbocycles. The molecule has 17 heavy (non-hydrogen) atoms. The van der Waals surface area contributed by atoms with Crippen LogP contribution in [0.2, 0.25) is 0 Å². The summed E-state index contributed by atoms with van der Waals surface area (Å²) in [6.45, 7) is 3.44. The fourth-order valence-electron chi connectivity index (χ4n) is 4.81. The molecule has 1 unspecified atom stereocenters. The summed E-state index contributed by atoms with van der Waals surface area (Å²) in [5.74, 6) is 3.46. The molecule has 3 heteroatoms. The average Bonchev–Trinajstić information content (AvgIpc) is 2.27. The Morgan fingerprint density at radius 1 is 1.12 bits per heavy atom. The van der Waals surface area contributed by atoms with E-state index in [9.17, 15) is 4.21 Å². The van der Waals surface area contributed by atoms with E-state index in [1.54, 1.807) is 0 Å². The van der Waals surface area contributed by atoms with Crippen molar-refractivity contribution in [3.63, 3.8) is 0 Å². The predicted octanol–water partition coefficient (Wildman–Crippen LogP) is 2.74. The first-order valence-electron chi connectivity index (χ1n) is 7.18. The highest BCUT2D eigenvalue weighted by Crippen LogP contribution is 2.57.